The van der Waals surface area contributed by atoms with Crippen LogP contribution in [0.2, 0.25) is 0 Å². The summed E-state index contributed by atoms with van der Waals surface area (Å²) in [7, 11) is 1.97. The van der Waals surface area contributed by atoms with Gasteiger partial charge in [0.25, 0.3) is 5.91 Å². The van der Waals surface area contributed by atoms with Gasteiger partial charge in [0.2, 0.25) is 0 Å². The Bertz CT molecular complexity index is 747. The normalized spacial score (nSPS) is 18.5. The Hall–Kier alpha value is -2.37. The molecular weight excluding hydrogens is 280 g/mol. The van der Waals surface area contributed by atoms with E-state index in [1.807, 2.05) is 17.8 Å². The Morgan fingerprint density at radius 2 is 2.27 bits per heavy atom. The van der Waals surface area contributed by atoms with Crippen LogP contribution in [0.3, 0.4) is 0 Å². The van der Waals surface area contributed by atoms with E-state index >= 15 is 0 Å². The fraction of sp³-hybridized carbons (Fsp3) is 0.438. The molecule has 22 heavy (non-hydrogen) atoms. The summed E-state index contributed by atoms with van der Waals surface area (Å²) >= 11 is 0. The van der Waals surface area contributed by atoms with E-state index in [1.165, 1.54) is 12.3 Å². The van der Waals surface area contributed by atoms with Gasteiger partial charge in [0.15, 0.2) is 5.43 Å². The van der Waals surface area contributed by atoms with Crippen LogP contribution in [-0.2, 0) is 7.05 Å². The maximum atomic E-state index is 12.6. The van der Waals surface area contributed by atoms with E-state index in [2.05, 4.69) is 9.97 Å². The highest BCUT2D eigenvalue weighted by molar-refractivity contribution is 5.93. The number of aromatic nitrogens is 3. The van der Waals surface area contributed by atoms with E-state index in [1.54, 1.807) is 18.0 Å². The number of rotatable bonds is 2. The van der Waals surface area contributed by atoms with Crippen LogP contribution in [-0.4, -0.2) is 38.4 Å². The van der Waals surface area contributed by atoms with Crippen LogP contribution in [0.5, 0.6) is 0 Å². The van der Waals surface area contributed by atoms with Crippen LogP contribution < -0.4 is 5.43 Å². The average molecular weight is 300 g/mol. The molecule has 0 radical (unpaired) electrons. The molecule has 1 atom stereocenters. The van der Waals surface area contributed by atoms with Crippen molar-refractivity contribution in [2.24, 2.45) is 7.05 Å². The van der Waals surface area contributed by atoms with Gasteiger partial charge in [0.1, 0.15) is 11.4 Å². The molecule has 0 saturated carbocycles. The predicted octanol–water partition coefficient (Wildman–Crippen LogP) is 1.44. The van der Waals surface area contributed by atoms with Crippen LogP contribution in [0.15, 0.2) is 29.5 Å². The van der Waals surface area contributed by atoms with Crippen LogP contribution in [0.25, 0.3) is 0 Å². The highest BCUT2D eigenvalue weighted by atomic mass is 16.2. The third kappa shape index (κ3) is 2.68. The molecule has 0 bridgehead atoms. The molecule has 6 heteroatoms. The number of hydrogen-bond donors (Lipinski definition) is 1. The molecule has 3 heterocycles. The zero-order valence-electron chi connectivity index (χ0n) is 12.9. The van der Waals surface area contributed by atoms with E-state index in [0.717, 1.165) is 24.4 Å². The van der Waals surface area contributed by atoms with Gasteiger partial charge in [-0.25, -0.2) is 4.98 Å². The Labute approximate surface area is 128 Å². The zero-order chi connectivity index (χ0) is 15.7. The lowest BCUT2D eigenvalue weighted by molar-refractivity contribution is 0.0702. The zero-order valence-corrected chi connectivity index (χ0v) is 12.9. The second-order valence-corrected chi connectivity index (χ2v) is 5.88. The van der Waals surface area contributed by atoms with E-state index in [9.17, 15) is 9.59 Å². The quantitative estimate of drug-likeness (QED) is 0.912. The van der Waals surface area contributed by atoms with Crippen molar-refractivity contribution >= 4 is 5.91 Å². The number of aromatic amines is 1. The van der Waals surface area contributed by atoms with Crippen molar-refractivity contribution in [2.45, 2.75) is 25.7 Å². The van der Waals surface area contributed by atoms with Crippen molar-refractivity contribution in [3.8, 4) is 0 Å². The molecule has 2 aromatic heterocycles. The largest absolute Gasteiger partial charge is 0.364 e. The standard InChI is InChI=1S/C16H20N4O2/c1-11-8-14(21)13(9-18-11)16(22)20-6-3-4-12(10-20)15-17-5-7-19(15)2/h5,7-9,12H,3-4,6,10H2,1-2H3,(H,18,21)/t12-/m1/s1. The monoisotopic (exact) mass is 300 g/mol. The highest BCUT2D eigenvalue weighted by Gasteiger charge is 2.28. The molecule has 1 aliphatic rings. The van der Waals surface area contributed by atoms with Gasteiger partial charge in [0.05, 0.1) is 0 Å². The highest BCUT2D eigenvalue weighted by Crippen LogP contribution is 2.26. The van der Waals surface area contributed by atoms with Gasteiger partial charge in [-0.05, 0) is 19.8 Å². The SMILES string of the molecule is Cc1cc(=O)c(C(=O)N2CCC[C@@H](c3nccn3C)C2)c[nH]1. The van der Waals surface area contributed by atoms with Crippen molar-refractivity contribution in [1.29, 1.82) is 0 Å². The molecule has 1 amide bonds. The van der Waals surface area contributed by atoms with Crippen LogP contribution in [0.4, 0.5) is 0 Å². The number of nitrogens with one attached hydrogen (secondary N) is 1. The number of amides is 1. The molecule has 3 rings (SSSR count). The first kappa shape index (κ1) is 14.6. The van der Waals surface area contributed by atoms with Gasteiger partial charge < -0.3 is 14.5 Å². The summed E-state index contributed by atoms with van der Waals surface area (Å²) in [6.07, 6.45) is 7.15. The van der Waals surface area contributed by atoms with E-state index in [4.69, 9.17) is 0 Å². The Morgan fingerprint density at radius 1 is 1.45 bits per heavy atom. The minimum atomic E-state index is -0.222. The number of nitrogens with zero attached hydrogens (tertiary/aromatic N) is 3. The summed E-state index contributed by atoms with van der Waals surface area (Å²) < 4.78 is 2.00. The fourth-order valence-corrected chi connectivity index (χ4v) is 3.05. The van der Waals surface area contributed by atoms with Crippen molar-refractivity contribution in [3.05, 3.63) is 52.0 Å². The van der Waals surface area contributed by atoms with Crippen LogP contribution in [0.1, 0.15) is 40.6 Å². The topological polar surface area (TPSA) is 71.0 Å². The number of hydrogen-bond acceptors (Lipinski definition) is 3. The van der Waals surface area contributed by atoms with E-state index < -0.39 is 0 Å². The Morgan fingerprint density at radius 3 is 2.95 bits per heavy atom. The summed E-state index contributed by atoms with van der Waals surface area (Å²) in [4.78, 5) is 33.7. The number of likely N-dealkylation sites (tertiary alicyclic amines) is 1. The molecule has 2 aromatic rings. The molecule has 0 spiro atoms. The third-order valence-electron chi connectivity index (χ3n) is 4.22. The van der Waals surface area contributed by atoms with Gasteiger partial charge in [-0.2, -0.15) is 0 Å². The molecule has 1 saturated heterocycles. The maximum Gasteiger partial charge on any atom is 0.259 e. The molecule has 0 aliphatic carbocycles. The molecule has 1 aliphatic heterocycles. The summed E-state index contributed by atoms with van der Waals surface area (Å²) in [6.45, 7) is 3.09. The van der Waals surface area contributed by atoms with Gasteiger partial charge in [-0.3, -0.25) is 9.59 Å². The molecule has 1 fully saturated rings. The lowest BCUT2D eigenvalue weighted by Crippen LogP contribution is -2.41. The van der Waals surface area contributed by atoms with E-state index in [0.29, 0.717) is 13.1 Å². The number of aryl methyl sites for hydroxylation is 2. The number of H-pyrrole nitrogens is 1. The van der Waals surface area contributed by atoms with Crippen molar-refractivity contribution in [2.75, 3.05) is 13.1 Å². The van der Waals surface area contributed by atoms with Gasteiger partial charge in [0, 0.05) is 56.4 Å². The van der Waals surface area contributed by atoms with Crippen molar-refractivity contribution in [3.63, 3.8) is 0 Å². The summed E-state index contributed by atoms with van der Waals surface area (Å²) in [5.41, 5.74) is 0.748. The molecule has 6 nitrogen and oxygen atoms in total. The minimum absolute atomic E-state index is 0.194. The van der Waals surface area contributed by atoms with Gasteiger partial charge in [-0.15, -0.1) is 0 Å². The minimum Gasteiger partial charge on any atom is -0.364 e. The first-order valence-corrected chi connectivity index (χ1v) is 7.52. The maximum absolute atomic E-state index is 12.6. The lowest BCUT2D eigenvalue weighted by Gasteiger charge is -2.32. The molecule has 0 unspecified atom stereocenters. The van der Waals surface area contributed by atoms with Crippen LogP contribution >= 0.6 is 0 Å². The van der Waals surface area contributed by atoms with Crippen molar-refractivity contribution < 1.29 is 4.79 Å². The fourth-order valence-electron chi connectivity index (χ4n) is 3.05. The Balaban J connectivity index is 1.81. The summed E-state index contributed by atoms with van der Waals surface area (Å²) in [6, 6.07) is 1.47. The van der Waals surface area contributed by atoms with Gasteiger partial charge >= 0.3 is 0 Å². The summed E-state index contributed by atoms with van der Waals surface area (Å²) in [5, 5.41) is 0. The molecular formula is C16H20N4O2. The first-order valence-electron chi connectivity index (χ1n) is 7.52. The van der Waals surface area contributed by atoms with E-state index in [-0.39, 0.29) is 22.8 Å². The number of pyridine rings is 1. The third-order valence-corrected chi connectivity index (χ3v) is 4.22. The molecule has 0 aromatic carbocycles. The molecule has 116 valence electrons. The second-order valence-electron chi connectivity index (χ2n) is 5.88. The second kappa shape index (κ2) is 5.79. The Kier molecular flexibility index (Phi) is 3.83. The number of imidazole rings is 1. The first-order chi connectivity index (χ1) is 10.6. The van der Waals surface area contributed by atoms with Crippen LogP contribution in [0, 0.1) is 6.92 Å². The lowest BCUT2D eigenvalue weighted by atomic mass is 9.96. The number of carbonyl (C=O) groups is 1. The summed E-state index contributed by atoms with van der Waals surface area (Å²) in [5.74, 6) is 1.03. The van der Waals surface area contributed by atoms with Gasteiger partial charge in [-0.1, -0.05) is 0 Å². The number of piperidine rings is 1. The molecule has 1 N–H and O–H groups in total. The number of carbonyl (C=O) groups excluding carboxylic acids is 1. The predicted molar refractivity (Wildman–Crippen MR) is 82.9 cm³/mol. The average Bonchev–Trinajstić information content (AvgIpc) is 2.93. The van der Waals surface area contributed by atoms with Crippen molar-refractivity contribution in [1.82, 2.24) is 19.4 Å². The smallest absolute Gasteiger partial charge is 0.259 e.